The molecule has 1 aliphatic carbocycles. The third-order valence-electron chi connectivity index (χ3n) is 3.94. The van der Waals surface area contributed by atoms with Gasteiger partial charge in [-0.1, -0.05) is 24.9 Å². The molecule has 1 saturated carbocycles. The Morgan fingerprint density at radius 2 is 2.37 bits per heavy atom. The van der Waals surface area contributed by atoms with Crippen molar-refractivity contribution in [2.75, 3.05) is 11.9 Å². The van der Waals surface area contributed by atoms with Gasteiger partial charge in [0.15, 0.2) is 0 Å². The van der Waals surface area contributed by atoms with E-state index in [1.807, 2.05) is 6.92 Å². The number of aliphatic hydroxyl groups excluding tert-OH is 1. The van der Waals surface area contributed by atoms with Crippen molar-refractivity contribution in [2.24, 2.45) is 5.41 Å². The smallest absolute Gasteiger partial charge is 0.271 e. The first-order chi connectivity index (χ1) is 8.96. The van der Waals surface area contributed by atoms with Gasteiger partial charge < -0.3 is 10.4 Å². The van der Waals surface area contributed by atoms with Gasteiger partial charge in [0.05, 0.1) is 22.2 Å². The highest BCUT2D eigenvalue weighted by molar-refractivity contribution is 6.33. The highest BCUT2D eigenvalue weighted by atomic mass is 35.5. The Bertz CT molecular complexity index is 495. The van der Waals surface area contributed by atoms with Crippen molar-refractivity contribution < 1.29 is 10.0 Å². The summed E-state index contributed by atoms with van der Waals surface area (Å²) < 4.78 is 0. The molecule has 6 heteroatoms. The number of non-ortho nitro benzene ring substituents is 1. The minimum atomic E-state index is -0.469. The molecule has 0 heterocycles. The minimum absolute atomic E-state index is 0.0214. The normalized spacial score (nSPS) is 26.4. The van der Waals surface area contributed by atoms with Crippen LogP contribution in [0.4, 0.5) is 11.4 Å². The molecule has 0 radical (unpaired) electrons. The van der Waals surface area contributed by atoms with E-state index in [4.69, 9.17) is 11.6 Å². The number of nitrogens with zero attached hydrogens (tertiary/aromatic N) is 1. The number of nitro groups is 1. The van der Waals surface area contributed by atoms with Gasteiger partial charge in [-0.05, 0) is 18.9 Å². The average molecular weight is 285 g/mol. The molecule has 0 saturated heterocycles. The van der Waals surface area contributed by atoms with Crippen molar-refractivity contribution in [1.82, 2.24) is 0 Å². The molecule has 2 N–H and O–H groups in total. The number of nitro benzene ring substituents is 1. The molecule has 0 aliphatic heterocycles. The van der Waals surface area contributed by atoms with Gasteiger partial charge >= 0.3 is 0 Å². The summed E-state index contributed by atoms with van der Waals surface area (Å²) in [5.74, 6) is 0. The molecule has 2 unspecified atom stereocenters. The zero-order chi connectivity index (χ0) is 14.0. The number of nitrogens with one attached hydrogen (secondary N) is 1. The fraction of sp³-hybridized carbons (Fsp3) is 0.538. The van der Waals surface area contributed by atoms with Crippen LogP contribution in [0.25, 0.3) is 0 Å². The van der Waals surface area contributed by atoms with Crippen molar-refractivity contribution in [2.45, 2.75) is 32.2 Å². The maximum absolute atomic E-state index is 10.7. The molecule has 1 fully saturated rings. The van der Waals surface area contributed by atoms with E-state index in [0.29, 0.717) is 10.7 Å². The summed E-state index contributed by atoms with van der Waals surface area (Å²) >= 11 is 6.06. The van der Waals surface area contributed by atoms with Crippen LogP contribution in [0, 0.1) is 15.5 Å². The monoisotopic (exact) mass is 284 g/mol. The summed E-state index contributed by atoms with van der Waals surface area (Å²) in [6.07, 6.45) is 2.98. The number of rotatable bonds is 4. The quantitative estimate of drug-likeness (QED) is 0.657. The molecule has 1 aromatic rings. The highest BCUT2D eigenvalue weighted by Crippen LogP contribution is 2.40. The van der Waals surface area contributed by atoms with Crippen molar-refractivity contribution in [1.29, 1.82) is 0 Å². The lowest BCUT2D eigenvalue weighted by Crippen LogP contribution is -2.36. The second-order valence-electron chi connectivity index (χ2n) is 5.32. The van der Waals surface area contributed by atoms with E-state index in [1.165, 1.54) is 12.1 Å². The number of aliphatic hydroxyl groups is 1. The number of anilines is 1. The predicted molar refractivity (Wildman–Crippen MR) is 74.6 cm³/mol. The van der Waals surface area contributed by atoms with Crippen LogP contribution in [0.5, 0.6) is 0 Å². The SMILES string of the molecule is CC1(CO)CCCC1Nc1ccc([N+](=O)[O-])cc1Cl. The first-order valence-corrected chi connectivity index (χ1v) is 6.65. The molecule has 1 aromatic carbocycles. The first-order valence-electron chi connectivity index (χ1n) is 6.27. The second-order valence-corrected chi connectivity index (χ2v) is 5.73. The Hall–Kier alpha value is -1.33. The van der Waals surface area contributed by atoms with Crippen LogP contribution in [0.1, 0.15) is 26.2 Å². The number of halogens is 1. The fourth-order valence-corrected chi connectivity index (χ4v) is 2.82. The molecular formula is C13H17ClN2O3. The molecule has 0 aromatic heterocycles. The Morgan fingerprint density at radius 1 is 1.63 bits per heavy atom. The van der Waals surface area contributed by atoms with Crippen LogP contribution in [0.3, 0.4) is 0 Å². The van der Waals surface area contributed by atoms with Gasteiger partial charge in [-0.25, -0.2) is 0 Å². The van der Waals surface area contributed by atoms with Crippen LogP contribution in [0.2, 0.25) is 5.02 Å². The summed E-state index contributed by atoms with van der Waals surface area (Å²) in [5.41, 5.74) is 0.496. The van der Waals surface area contributed by atoms with E-state index in [0.717, 1.165) is 19.3 Å². The molecular weight excluding hydrogens is 268 g/mol. The third kappa shape index (κ3) is 2.82. The minimum Gasteiger partial charge on any atom is -0.396 e. The van der Waals surface area contributed by atoms with E-state index < -0.39 is 4.92 Å². The van der Waals surface area contributed by atoms with Crippen LogP contribution in [-0.2, 0) is 0 Å². The van der Waals surface area contributed by atoms with Gasteiger partial charge in [-0.2, -0.15) is 0 Å². The molecule has 0 bridgehead atoms. The molecule has 5 nitrogen and oxygen atoms in total. The largest absolute Gasteiger partial charge is 0.396 e. The Morgan fingerprint density at radius 3 is 2.95 bits per heavy atom. The van der Waals surface area contributed by atoms with Crippen molar-refractivity contribution in [3.8, 4) is 0 Å². The molecule has 104 valence electrons. The van der Waals surface area contributed by atoms with Crippen LogP contribution in [0.15, 0.2) is 18.2 Å². The maximum Gasteiger partial charge on any atom is 0.271 e. The van der Waals surface area contributed by atoms with Gasteiger partial charge in [-0.15, -0.1) is 0 Å². The Labute approximate surface area is 116 Å². The maximum atomic E-state index is 10.7. The first kappa shape index (κ1) is 14.1. The standard InChI is InChI=1S/C13H17ClN2O3/c1-13(8-17)6-2-3-12(13)15-11-5-4-9(16(18)19)7-10(11)14/h4-5,7,12,15,17H,2-3,6,8H2,1H3. The molecule has 0 spiro atoms. The predicted octanol–water partition coefficient (Wildman–Crippen LogP) is 3.21. The summed E-state index contributed by atoms with van der Waals surface area (Å²) in [7, 11) is 0. The lowest BCUT2D eigenvalue weighted by atomic mass is 9.85. The Kier molecular flexibility index (Phi) is 3.96. The zero-order valence-electron chi connectivity index (χ0n) is 10.7. The third-order valence-corrected chi connectivity index (χ3v) is 4.25. The van der Waals surface area contributed by atoms with E-state index in [2.05, 4.69) is 5.32 Å². The lowest BCUT2D eigenvalue weighted by molar-refractivity contribution is -0.384. The van der Waals surface area contributed by atoms with Gasteiger partial charge in [0.1, 0.15) is 0 Å². The number of benzene rings is 1. The van der Waals surface area contributed by atoms with Crippen LogP contribution < -0.4 is 5.32 Å². The number of hydrogen-bond donors (Lipinski definition) is 2. The van der Waals surface area contributed by atoms with Crippen molar-refractivity contribution in [3.63, 3.8) is 0 Å². The Balaban J connectivity index is 2.18. The van der Waals surface area contributed by atoms with Gasteiger partial charge in [0, 0.05) is 23.6 Å². The molecule has 2 atom stereocenters. The van der Waals surface area contributed by atoms with Crippen molar-refractivity contribution in [3.05, 3.63) is 33.3 Å². The topological polar surface area (TPSA) is 75.4 Å². The van der Waals surface area contributed by atoms with E-state index in [1.54, 1.807) is 6.07 Å². The summed E-state index contributed by atoms with van der Waals surface area (Å²) in [6, 6.07) is 4.53. The van der Waals surface area contributed by atoms with E-state index in [9.17, 15) is 15.2 Å². The highest BCUT2D eigenvalue weighted by Gasteiger charge is 2.38. The zero-order valence-corrected chi connectivity index (χ0v) is 11.5. The molecule has 2 rings (SSSR count). The summed E-state index contributed by atoms with van der Waals surface area (Å²) in [5, 5.41) is 23.8. The van der Waals surface area contributed by atoms with Gasteiger partial charge in [0.2, 0.25) is 0 Å². The average Bonchev–Trinajstić information content (AvgIpc) is 2.74. The van der Waals surface area contributed by atoms with Gasteiger partial charge in [0.25, 0.3) is 5.69 Å². The lowest BCUT2D eigenvalue weighted by Gasteiger charge is -2.31. The summed E-state index contributed by atoms with van der Waals surface area (Å²) in [4.78, 5) is 10.2. The van der Waals surface area contributed by atoms with Gasteiger partial charge in [-0.3, -0.25) is 10.1 Å². The second kappa shape index (κ2) is 5.35. The van der Waals surface area contributed by atoms with Crippen LogP contribution >= 0.6 is 11.6 Å². The van der Waals surface area contributed by atoms with E-state index in [-0.39, 0.29) is 23.8 Å². The van der Waals surface area contributed by atoms with Crippen LogP contribution in [-0.4, -0.2) is 22.7 Å². The molecule has 1 aliphatic rings. The fourth-order valence-electron chi connectivity index (χ4n) is 2.59. The number of hydrogen-bond acceptors (Lipinski definition) is 4. The molecule has 19 heavy (non-hydrogen) atoms. The van der Waals surface area contributed by atoms with Crippen molar-refractivity contribution >= 4 is 23.0 Å². The van der Waals surface area contributed by atoms with E-state index >= 15 is 0 Å². The molecule has 0 amide bonds. The summed E-state index contributed by atoms with van der Waals surface area (Å²) in [6.45, 7) is 2.16.